The van der Waals surface area contributed by atoms with E-state index in [9.17, 15) is 0 Å². The fraction of sp³-hybridized carbons (Fsp3) is 0. The van der Waals surface area contributed by atoms with Gasteiger partial charge < -0.3 is 4.42 Å². The van der Waals surface area contributed by atoms with Crippen molar-refractivity contribution in [2.75, 3.05) is 0 Å². The number of hydrogen-bond donors (Lipinski definition) is 0. The van der Waals surface area contributed by atoms with Gasteiger partial charge >= 0.3 is 0 Å². The van der Waals surface area contributed by atoms with Crippen molar-refractivity contribution >= 4 is 97.6 Å². The number of fused-ring (bicyclic) bond motifs is 12. The van der Waals surface area contributed by atoms with Crippen LogP contribution in [0.5, 0.6) is 0 Å². The topological polar surface area (TPSA) is 56.7 Å². The molecule has 0 aliphatic carbocycles. The zero-order chi connectivity index (χ0) is 41.9. The van der Waals surface area contributed by atoms with Crippen LogP contribution in [-0.4, -0.2) is 19.5 Å². The number of hydrogen-bond acceptors (Lipinski definition) is 4. The Morgan fingerprint density at radius 1 is 0.328 bits per heavy atom. The lowest BCUT2D eigenvalue weighted by atomic mass is 9.93. The molecule has 296 valence electrons. The van der Waals surface area contributed by atoms with Crippen LogP contribution in [0.1, 0.15) is 0 Å². The first-order valence-corrected chi connectivity index (χ1v) is 21.7. The third-order valence-corrected chi connectivity index (χ3v) is 13.2. The van der Waals surface area contributed by atoms with Crippen LogP contribution in [0.15, 0.2) is 211 Å². The summed E-state index contributed by atoms with van der Waals surface area (Å²) < 4.78 is 9.08. The van der Waals surface area contributed by atoms with Crippen molar-refractivity contribution < 1.29 is 4.42 Å². The van der Waals surface area contributed by atoms with Crippen LogP contribution < -0.4 is 0 Å². The maximum absolute atomic E-state index is 6.83. The lowest BCUT2D eigenvalue weighted by Crippen LogP contribution is -2.07. The van der Waals surface area contributed by atoms with Crippen molar-refractivity contribution in [1.82, 2.24) is 19.5 Å². The summed E-state index contributed by atoms with van der Waals surface area (Å²) in [4.78, 5) is 16.4. The summed E-state index contributed by atoms with van der Waals surface area (Å²) in [5, 5.41) is 15.9. The molecule has 0 atom stereocenters. The lowest BCUT2D eigenvalue weighted by Gasteiger charge is -2.15. The third kappa shape index (κ3) is 5.22. The molecule has 5 nitrogen and oxygen atoms in total. The molecule has 14 rings (SSSR count). The molecule has 0 spiro atoms. The maximum atomic E-state index is 6.83. The van der Waals surface area contributed by atoms with E-state index in [0.29, 0.717) is 17.6 Å². The van der Waals surface area contributed by atoms with Gasteiger partial charge in [-0.1, -0.05) is 164 Å². The van der Waals surface area contributed by atoms with E-state index in [1.165, 1.54) is 16.2 Å². The van der Waals surface area contributed by atoms with Gasteiger partial charge in [-0.2, -0.15) is 9.97 Å². The highest BCUT2D eigenvalue weighted by Gasteiger charge is 2.23. The molecule has 11 aromatic carbocycles. The molecule has 0 unspecified atom stereocenters. The minimum Gasteiger partial charge on any atom is -0.455 e. The van der Waals surface area contributed by atoms with E-state index in [-0.39, 0.29) is 0 Å². The smallest absolute Gasteiger partial charge is 0.238 e. The Balaban J connectivity index is 1.08. The number of furan rings is 1. The summed E-state index contributed by atoms with van der Waals surface area (Å²) in [5.74, 6) is 1.65. The summed E-state index contributed by atoms with van der Waals surface area (Å²) >= 11 is 0. The van der Waals surface area contributed by atoms with Gasteiger partial charge in [-0.25, -0.2) is 4.98 Å². The monoisotopic (exact) mass is 814 g/mol. The SMILES string of the molecule is c1ccc2cc(-c3ccc(-c4nc(-c5cccc6c5oc5cc7ccccc7cc56)nc(-n5c6cc7ccccc7cc6c6ccc7ccccc7c65)n4)c4ccccc34)ccc2c1. The van der Waals surface area contributed by atoms with E-state index in [0.717, 1.165) is 104 Å². The van der Waals surface area contributed by atoms with Crippen molar-refractivity contribution in [3.05, 3.63) is 206 Å². The highest BCUT2D eigenvalue weighted by atomic mass is 16.3. The van der Waals surface area contributed by atoms with Crippen LogP contribution in [0.25, 0.3) is 137 Å². The normalized spacial score (nSPS) is 12.1. The van der Waals surface area contributed by atoms with Crippen molar-refractivity contribution in [2.24, 2.45) is 0 Å². The van der Waals surface area contributed by atoms with Gasteiger partial charge in [0.2, 0.25) is 5.95 Å². The van der Waals surface area contributed by atoms with Crippen molar-refractivity contribution in [3.8, 4) is 39.9 Å². The average molecular weight is 815 g/mol. The second-order valence-corrected chi connectivity index (χ2v) is 16.8. The Kier molecular flexibility index (Phi) is 7.33. The average Bonchev–Trinajstić information content (AvgIpc) is 3.89. The summed E-state index contributed by atoms with van der Waals surface area (Å²) in [7, 11) is 0. The van der Waals surface area contributed by atoms with E-state index in [1.807, 2.05) is 0 Å². The predicted molar refractivity (Wildman–Crippen MR) is 265 cm³/mol. The quantitative estimate of drug-likeness (QED) is 0.178. The summed E-state index contributed by atoms with van der Waals surface area (Å²) in [5.41, 5.74) is 7.68. The molecule has 3 aromatic heterocycles. The lowest BCUT2D eigenvalue weighted by molar-refractivity contribution is 0.670. The third-order valence-electron chi connectivity index (χ3n) is 13.2. The fourth-order valence-corrected chi connectivity index (χ4v) is 10.1. The maximum Gasteiger partial charge on any atom is 0.238 e. The van der Waals surface area contributed by atoms with Crippen LogP contribution in [0.3, 0.4) is 0 Å². The zero-order valence-electron chi connectivity index (χ0n) is 34.3. The molecule has 14 aromatic rings. The first-order valence-electron chi connectivity index (χ1n) is 21.7. The van der Waals surface area contributed by atoms with E-state index in [2.05, 4.69) is 211 Å². The van der Waals surface area contributed by atoms with E-state index >= 15 is 0 Å². The zero-order valence-corrected chi connectivity index (χ0v) is 34.3. The summed E-state index contributed by atoms with van der Waals surface area (Å²) in [6.45, 7) is 0. The molecule has 5 heteroatoms. The van der Waals surface area contributed by atoms with Crippen LogP contribution in [0.4, 0.5) is 0 Å². The second-order valence-electron chi connectivity index (χ2n) is 16.8. The first-order chi connectivity index (χ1) is 31.7. The van der Waals surface area contributed by atoms with Gasteiger partial charge in [-0.15, -0.1) is 0 Å². The predicted octanol–water partition coefficient (Wildman–Crippen LogP) is 15.6. The van der Waals surface area contributed by atoms with E-state index in [4.69, 9.17) is 19.4 Å². The molecule has 0 aliphatic rings. The number of nitrogens with zero attached hydrogens (tertiary/aromatic N) is 4. The van der Waals surface area contributed by atoms with Crippen molar-refractivity contribution in [3.63, 3.8) is 0 Å². The van der Waals surface area contributed by atoms with Gasteiger partial charge in [0.15, 0.2) is 11.6 Å². The van der Waals surface area contributed by atoms with Gasteiger partial charge in [-0.3, -0.25) is 4.57 Å². The molecular weight excluding hydrogens is 781 g/mol. The van der Waals surface area contributed by atoms with Gasteiger partial charge in [0.1, 0.15) is 11.2 Å². The molecule has 0 N–H and O–H groups in total. The Morgan fingerprint density at radius 2 is 0.891 bits per heavy atom. The Hall–Kier alpha value is -8.67. The van der Waals surface area contributed by atoms with Crippen LogP contribution >= 0.6 is 0 Å². The molecular formula is C59H34N4O. The minimum atomic E-state index is 0.535. The highest BCUT2D eigenvalue weighted by Crippen LogP contribution is 2.42. The van der Waals surface area contributed by atoms with Crippen LogP contribution in [0, 0.1) is 0 Å². The van der Waals surface area contributed by atoms with Gasteiger partial charge in [-0.05, 0) is 102 Å². The fourth-order valence-electron chi connectivity index (χ4n) is 10.1. The van der Waals surface area contributed by atoms with Crippen LogP contribution in [-0.2, 0) is 0 Å². The first kappa shape index (κ1) is 35.0. The summed E-state index contributed by atoms with van der Waals surface area (Å²) in [6.07, 6.45) is 0. The number of benzene rings is 11. The Morgan fingerprint density at radius 3 is 1.66 bits per heavy atom. The van der Waals surface area contributed by atoms with Crippen molar-refractivity contribution in [2.45, 2.75) is 0 Å². The molecule has 0 amide bonds. The van der Waals surface area contributed by atoms with Crippen molar-refractivity contribution in [1.29, 1.82) is 0 Å². The highest BCUT2D eigenvalue weighted by molar-refractivity contribution is 6.21. The van der Waals surface area contributed by atoms with Gasteiger partial charge in [0.25, 0.3) is 0 Å². The molecule has 0 aliphatic heterocycles. The van der Waals surface area contributed by atoms with Gasteiger partial charge in [0.05, 0.1) is 16.6 Å². The van der Waals surface area contributed by atoms with E-state index in [1.54, 1.807) is 0 Å². The molecule has 0 fully saturated rings. The largest absolute Gasteiger partial charge is 0.455 e. The summed E-state index contributed by atoms with van der Waals surface area (Å²) in [6, 6.07) is 73.5. The molecule has 0 bridgehead atoms. The molecule has 0 radical (unpaired) electrons. The molecule has 64 heavy (non-hydrogen) atoms. The Bertz CT molecular complexity index is 4270. The molecule has 0 saturated heterocycles. The molecule has 0 saturated carbocycles. The van der Waals surface area contributed by atoms with Crippen LogP contribution in [0.2, 0.25) is 0 Å². The van der Waals surface area contributed by atoms with Gasteiger partial charge in [0, 0.05) is 32.5 Å². The number of rotatable bonds is 4. The van der Waals surface area contributed by atoms with E-state index < -0.39 is 0 Å². The standard InChI is InChI=1S/C59H34N4O/c1-2-14-37-30-42(25-24-35(37)12-1)43-28-29-49(46-21-10-9-20-45(43)46)57-60-58(50-23-11-22-48-52-32-39-16-4-6-18-41(39)34-54(52)64-56(48)50)62-59(61-57)63-53-33-40-17-5-3-15-38(40)31-51(53)47-27-26-36-13-7-8-19-44(36)55(47)63/h1-34H. The second kappa shape index (κ2) is 13.4. The Labute approximate surface area is 366 Å². The molecule has 3 heterocycles. The number of para-hydroxylation sites is 1. The minimum absolute atomic E-state index is 0.535. The number of aromatic nitrogens is 4.